The zero-order valence-corrected chi connectivity index (χ0v) is 14.6. The number of ether oxygens (including phenoxy) is 1. The van der Waals surface area contributed by atoms with Gasteiger partial charge in [0.2, 0.25) is 11.8 Å². The van der Waals surface area contributed by atoms with E-state index < -0.39 is 5.92 Å². The quantitative estimate of drug-likeness (QED) is 0.834. The van der Waals surface area contributed by atoms with Crippen molar-refractivity contribution in [1.82, 2.24) is 0 Å². The first kappa shape index (κ1) is 17.9. The summed E-state index contributed by atoms with van der Waals surface area (Å²) in [6.45, 7) is 0.419. The first-order valence-corrected chi connectivity index (χ1v) is 8.56. The number of carbonyl (C=O) groups is 2. The highest BCUT2D eigenvalue weighted by atomic mass is 16.5. The summed E-state index contributed by atoms with van der Waals surface area (Å²) >= 11 is 0. The van der Waals surface area contributed by atoms with Gasteiger partial charge in [-0.3, -0.25) is 9.59 Å². The van der Waals surface area contributed by atoms with Gasteiger partial charge in [-0.15, -0.1) is 0 Å². The lowest BCUT2D eigenvalue weighted by Crippen LogP contribution is -2.28. The summed E-state index contributed by atoms with van der Waals surface area (Å²) in [6, 6.07) is 14.6. The molecule has 3 rings (SSSR count). The summed E-state index contributed by atoms with van der Waals surface area (Å²) < 4.78 is 5.32. The van der Waals surface area contributed by atoms with Gasteiger partial charge in [-0.05, 0) is 36.2 Å². The van der Waals surface area contributed by atoms with Crippen molar-refractivity contribution in [3.63, 3.8) is 0 Å². The highest BCUT2D eigenvalue weighted by molar-refractivity contribution is 6.04. The molecular weight excluding hydrogens is 332 g/mol. The maximum absolute atomic E-state index is 12.5. The molecule has 1 heterocycles. The van der Waals surface area contributed by atoms with Gasteiger partial charge in [0.25, 0.3) is 0 Å². The Morgan fingerprint density at radius 1 is 1.23 bits per heavy atom. The van der Waals surface area contributed by atoms with Crippen LogP contribution in [0.25, 0.3) is 0 Å². The molecular formula is C20H22N2O4. The Kier molecular flexibility index (Phi) is 5.53. The first-order chi connectivity index (χ1) is 12.6. The minimum absolute atomic E-state index is 0.0899. The molecule has 0 bridgehead atoms. The predicted octanol–water partition coefficient (Wildman–Crippen LogP) is 2.22. The molecule has 1 unspecified atom stereocenters. The Hall–Kier alpha value is -2.86. The van der Waals surface area contributed by atoms with Crippen molar-refractivity contribution in [1.29, 1.82) is 0 Å². The van der Waals surface area contributed by atoms with Gasteiger partial charge in [0.15, 0.2) is 0 Å². The highest BCUT2D eigenvalue weighted by Crippen LogP contribution is 2.33. The Balaban J connectivity index is 1.67. The molecule has 6 heteroatoms. The van der Waals surface area contributed by atoms with E-state index in [9.17, 15) is 9.59 Å². The minimum atomic E-state index is -0.412. The van der Waals surface area contributed by atoms with E-state index in [1.807, 2.05) is 30.3 Å². The minimum Gasteiger partial charge on any atom is -0.495 e. The summed E-state index contributed by atoms with van der Waals surface area (Å²) in [5, 5.41) is 11.8. The molecule has 136 valence electrons. The van der Waals surface area contributed by atoms with Crippen molar-refractivity contribution < 1.29 is 19.4 Å². The number of methoxy groups -OCH3 is 1. The second-order valence-electron chi connectivity index (χ2n) is 6.24. The number of hydrogen-bond donors (Lipinski definition) is 2. The first-order valence-electron chi connectivity index (χ1n) is 8.56. The van der Waals surface area contributed by atoms with Crippen LogP contribution in [0.3, 0.4) is 0 Å². The number of benzene rings is 2. The fourth-order valence-corrected chi connectivity index (χ4v) is 3.10. The molecule has 0 aliphatic carbocycles. The van der Waals surface area contributed by atoms with Gasteiger partial charge in [0.1, 0.15) is 5.75 Å². The van der Waals surface area contributed by atoms with E-state index in [2.05, 4.69) is 5.32 Å². The predicted molar refractivity (Wildman–Crippen MR) is 99.3 cm³/mol. The molecule has 1 atom stereocenters. The summed E-state index contributed by atoms with van der Waals surface area (Å²) in [5.74, 6) is -0.0653. The third kappa shape index (κ3) is 3.86. The number of amides is 2. The molecule has 26 heavy (non-hydrogen) atoms. The van der Waals surface area contributed by atoms with Gasteiger partial charge in [-0.1, -0.05) is 24.3 Å². The summed E-state index contributed by atoms with van der Waals surface area (Å²) in [4.78, 5) is 26.5. The largest absolute Gasteiger partial charge is 0.495 e. The maximum atomic E-state index is 12.5. The lowest BCUT2D eigenvalue weighted by atomic mass is 10.1. The molecule has 0 aromatic heterocycles. The van der Waals surface area contributed by atoms with E-state index >= 15 is 0 Å². The summed E-state index contributed by atoms with van der Waals surface area (Å²) in [5.41, 5.74) is 2.37. The van der Waals surface area contributed by atoms with E-state index in [1.165, 1.54) is 0 Å². The molecule has 2 amide bonds. The van der Waals surface area contributed by atoms with Gasteiger partial charge in [-0.2, -0.15) is 0 Å². The molecule has 0 saturated carbocycles. The Morgan fingerprint density at radius 2 is 1.96 bits per heavy atom. The number of aliphatic hydroxyl groups is 1. The fraction of sp³-hybridized carbons (Fsp3) is 0.300. The van der Waals surface area contributed by atoms with Crippen LogP contribution in [0.15, 0.2) is 48.5 Å². The van der Waals surface area contributed by atoms with Crippen molar-refractivity contribution in [3.05, 3.63) is 54.1 Å². The van der Waals surface area contributed by atoms with Crippen LogP contribution in [0.1, 0.15) is 12.0 Å². The normalized spacial score (nSPS) is 16.6. The van der Waals surface area contributed by atoms with E-state index in [0.717, 1.165) is 5.56 Å². The third-order valence-corrected chi connectivity index (χ3v) is 4.49. The third-order valence-electron chi connectivity index (χ3n) is 4.49. The van der Waals surface area contributed by atoms with E-state index in [1.54, 1.807) is 30.2 Å². The number of rotatable bonds is 6. The number of nitrogens with one attached hydrogen (secondary N) is 1. The molecule has 6 nitrogen and oxygen atoms in total. The van der Waals surface area contributed by atoms with Gasteiger partial charge in [0.05, 0.1) is 18.7 Å². The average molecular weight is 354 g/mol. The number of anilines is 2. The number of nitrogens with zero attached hydrogens (tertiary/aromatic N) is 1. The standard InChI is InChI=1S/C20H22N2O4/c1-26-18-5-3-2-4-17(18)22-13-15(12-19(22)24)20(25)21-16-8-6-14(7-9-16)10-11-23/h2-9,15,23H,10-13H2,1H3,(H,21,25). The molecule has 2 aromatic carbocycles. The van der Waals surface area contributed by atoms with E-state index in [4.69, 9.17) is 9.84 Å². The smallest absolute Gasteiger partial charge is 0.229 e. The van der Waals surface area contributed by atoms with Crippen LogP contribution >= 0.6 is 0 Å². The Morgan fingerprint density at radius 3 is 2.65 bits per heavy atom. The van der Waals surface area contributed by atoms with E-state index in [0.29, 0.717) is 30.1 Å². The topological polar surface area (TPSA) is 78.9 Å². The molecule has 1 saturated heterocycles. The van der Waals surface area contributed by atoms with Crippen LogP contribution in [0.2, 0.25) is 0 Å². The lowest BCUT2D eigenvalue weighted by Gasteiger charge is -2.19. The zero-order valence-electron chi connectivity index (χ0n) is 14.6. The highest BCUT2D eigenvalue weighted by Gasteiger charge is 2.36. The van der Waals surface area contributed by atoms with Crippen molar-refractivity contribution in [2.45, 2.75) is 12.8 Å². The maximum Gasteiger partial charge on any atom is 0.229 e. The van der Waals surface area contributed by atoms with Crippen LogP contribution < -0.4 is 15.0 Å². The van der Waals surface area contributed by atoms with Crippen LogP contribution in [-0.2, 0) is 16.0 Å². The van der Waals surface area contributed by atoms with Crippen LogP contribution in [0, 0.1) is 5.92 Å². The summed E-state index contributed by atoms with van der Waals surface area (Å²) in [6.07, 6.45) is 0.756. The molecule has 0 radical (unpaired) electrons. The number of carbonyl (C=O) groups excluding carboxylic acids is 2. The van der Waals surface area contributed by atoms with Gasteiger partial charge < -0.3 is 20.1 Å². The average Bonchev–Trinajstić information content (AvgIpc) is 3.05. The van der Waals surface area contributed by atoms with Gasteiger partial charge >= 0.3 is 0 Å². The lowest BCUT2D eigenvalue weighted by molar-refractivity contribution is -0.122. The van der Waals surface area contributed by atoms with Crippen LogP contribution in [0.5, 0.6) is 5.75 Å². The number of para-hydroxylation sites is 2. The van der Waals surface area contributed by atoms with Gasteiger partial charge in [0, 0.05) is 25.3 Å². The van der Waals surface area contributed by atoms with Crippen LogP contribution in [0.4, 0.5) is 11.4 Å². The number of hydrogen-bond acceptors (Lipinski definition) is 4. The Bertz CT molecular complexity index is 789. The molecule has 0 spiro atoms. The number of aliphatic hydroxyl groups excluding tert-OH is 1. The molecule has 2 N–H and O–H groups in total. The fourth-order valence-electron chi connectivity index (χ4n) is 3.10. The van der Waals surface area contributed by atoms with Crippen molar-refractivity contribution >= 4 is 23.2 Å². The zero-order chi connectivity index (χ0) is 18.5. The van der Waals surface area contributed by atoms with Gasteiger partial charge in [-0.25, -0.2) is 0 Å². The van der Waals surface area contributed by atoms with Crippen molar-refractivity contribution in [2.24, 2.45) is 5.92 Å². The molecule has 1 aliphatic heterocycles. The van der Waals surface area contributed by atoms with Crippen LogP contribution in [-0.4, -0.2) is 37.2 Å². The summed E-state index contributed by atoms with van der Waals surface area (Å²) in [7, 11) is 1.56. The van der Waals surface area contributed by atoms with Crippen molar-refractivity contribution in [2.75, 3.05) is 30.5 Å². The SMILES string of the molecule is COc1ccccc1N1CC(C(=O)Nc2ccc(CCO)cc2)CC1=O. The molecule has 1 aliphatic rings. The molecule has 2 aromatic rings. The Labute approximate surface area is 152 Å². The van der Waals surface area contributed by atoms with Crippen molar-refractivity contribution in [3.8, 4) is 5.75 Å². The monoisotopic (exact) mass is 354 g/mol. The van der Waals surface area contributed by atoms with E-state index in [-0.39, 0.29) is 24.8 Å². The molecule has 1 fully saturated rings. The second kappa shape index (κ2) is 8.01. The second-order valence-corrected chi connectivity index (χ2v) is 6.24.